The van der Waals surface area contributed by atoms with Crippen molar-refractivity contribution in [3.8, 4) is 0 Å². The third-order valence-corrected chi connectivity index (χ3v) is 2.59. The molecule has 1 atom stereocenters. The van der Waals surface area contributed by atoms with E-state index in [1.165, 1.54) is 24.0 Å². The summed E-state index contributed by atoms with van der Waals surface area (Å²) in [5.74, 6) is 0.757. The molecule has 1 unspecified atom stereocenters. The van der Waals surface area contributed by atoms with Crippen molar-refractivity contribution in [1.29, 1.82) is 0 Å². The summed E-state index contributed by atoms with van der Waals surface area (Å²) in [4.78, 5) is 0. The molecule has 0 radical (unpaired) electrons. The van der Waals surface area contributed by atoms with Gasteiger partial charge in [0.05, 0.1) is 0 Å². The molecule has 0 bridgehead atoms. The molecule has 2 heteroatoms. The maximum atomic E-state index is 6.05. The van der Waals surface area contributed by atoms with E-state index in [1.807, 2.05) is 0 Å². The van der Waals surface area contributed by atoms with E-state index < -0.39 is 0 Å². The first kappa shape index (κ1) is 10.6. The van der Waals surface area contributed by atoms with E-state index in [1.54, 1.807) is 0 Å². The second-order valence-corrected chi connectivity index (χ2v) is 3.77. The molecule has 0 amide bonds. The van der Waals surface area contributed by atoms with Gasteiger partial charge in [-0.1, -0.05) is 29.8 Å². The molecule has 1 saturated carbocycles. The minimum absolute atomic E-state index is 0. The van der Waals surface area contributed by atoms with Gasteiger partial charge in [-0.05, 0) is 31.2 Å². The van der Waals surface area contributed by atoms with Crippen LogP contribution in [0.4, 0.5) is 0 Å². The molecule has 2 rings (SSSR count). The number of halogens is 1. The SMILES string of the molecule is Cc1ccc(C(N)C2CC2)cc1.Cl. The summed E-state index contributed by atoms with van der Waals surface area (Å²) in [6, 6.07) is 8.86. The highest BCUT2D eigenvalue weighted by molar-refractivity contribution is 5.85. The Morgan fingerprint density at radius 2 is 1.77 bits per heavy atom. The van der Waals surface area contributed by atoms with Crippen LogP contribution in [0.5, 0.6) is 0 Å². The summed E-state index contributed by atoms with van der Waals surface area (Å²) < 4.78 is 0. The minimum atomic E-state index is 0. The zero-order valence-electron chi connectivity index (χ0n) is 7.86. The van der Waals surface area contributed by atoms with Crippen LogP contribution in [-0.4, -0.2) is 0 Å². The molecule has 1 aromatic rings. The van der Waals surface area contributed by atoms with Crippen molar-refractivity contribution in [2.75, 3.05) is 0 Å². The van der Waals surface area contributed by atoms with Gasteiger partial charge in [0.2, 0.25) is 0 Å². The molecule has 0 heterocycles. The molecule has 0 saturated heterocycles. The second kappa shape index (κ2) is 4.12. The third-order valence-electron chi connectivity index (χ3n) is 2.59. The number of aryl methyl sites for hydroxylation is 1. The smallest absolute Gasteiger partial charge is 0.0323 e. The third kappa shape index (κ3) is 2.45. The van der Waals surface area contributed by atoms with E-state index in [2.05, 4.69) is 31.2 Å². The number of hydrogen-bond acceptors (Lipinski definition) is 1. The quantitative estimate of drug-likeness (QED) is 0.776. The van der Waals surface area contributed by atoms with Gasteiger partial charge in [-0.15, -0.1) is 12.4 Å². The van der Waals surface area contributed by atoms with E-state index in [9.17, 15) is 0 Å². The van der Waals surface area contributed by atoms with Crippen LogP contribution >= 0.6 is 12.4 Å². The first-order valence-corrected chi connectivity index (χ1v) is 4.59. The highest BCUT2D eigenvalue weighted by atomic mass is 35.5. The molecule has 1 fully saturated rings. The van der Waals surface area contributed by atoms with Crippen LogP contribution < -0.4 is 5.73 Å². The highest BCUT2D eigenvalue weighted by Gasteiger charge is 2.29. The first-order chi connectivity index (χ1) is 5.77. The lowest BCUT2D eigenvalue weighted by molar-refractivity contribution is 0.633. The van der Waals surface area contributed by atoms with Gasteiger partial charge in [0, 0.05) is 6.04 Å². The van der Waals surface area contributed by atoms with Crippen molar-refractivity contribution in [2.45, 2.75) is 25.8 Å². The summed E-state index contributed by atoms with van der Waals surface area (Å²) in [6.45, 7) is 2.10. The summed E-state index contributed by atoms with van der Waals surface area (Å²) >= 11 is 0. The number of benzene rings is 1. The van der Waals surface area contributed by atoms with E-state index in [-0.39, 0.29) is 18.4 Å². The predicted molar refractivity (Wildman–Crippen MR) is 58.1 cm³/mol. The van der Waals surface area contributed by atoms with Crippen molar-refractivity contribution in [2.24, 2.45) is 11.7 Å². The Hall–Kier alpha value is -0.530. The lowest BCUT2D eigenvalue weighted by atomic mass is 10.0. The first-order valence-electron chi connectivity index (χ1n) is 4.59. The Kier molecular flexibility index (Phi) is 3.34. The molecule has 1 aromatic carbocycles. The van der Waals surface area contributed by atoms with Gasteiger partial charge in [0.1, 0.15) is 0 Å². The van der Waals surface area contributed by atoms with Gasteiger partial charge in [-0.25, -0.2) is 0 Å². The van der Waals surface area contributed by atoms with Crippen molar-refractivity contribution >= 4 is 12.4 Å². The van der Waals surface area contributed by atoms with Gasteiger partial charge >= 0.3 is 0 Å². The zero-order chi connectivity index (χ0) is 8.55. The maximum Gasteiger partial charge on any atom is 0.0323 e. The normalized spacial score (nSPS) is 17.7. The molecule has 72 valence electrons. The standard InChI is InChI=1S/C11H15N.ClH/c1-8-2-4-9(5-3-8)11(12)10-6-7-10;/h2-5,10-11H,6-7,12H2,1H3;1H. The van der Waals surface area contributed by atoms with E-state index in [4.69, 9.17) is 5.73 Å². The molecule has 0 aromatic heterocycles. The highest BCUT2D eigenvalue weighted by Crippen LogP contribution is 2.39. The number of nitrogens with two attached hydrogens (primary N) is 1. The van der Waals surface area contributed by atoms with Crippen molar-refractivity contribution < 1.29 is 0 Å². The molecule has 2 N–H and O–H groups in total. The Bertz CT molecular complexity index is 264. The maximum absolute atomic E-state index is 6.05. The van der Waals surface area contributed by atoms with Gasteiger partial charge in [0.25, 0.3) is 0 Å². The van der Waals surface area contributed by atoms with Gasteiger partial charge in [-0.3, -0.25) is 0 Å². The van der Waals surface area contributed by atoms with Gasteiger partial charge in [0.15, 0.2) is 0 Å². The van der Waals surface area contributed by atoms with Crippen LogP contribution in [0.1, 0.15) is 30.0 Å². The molecule has 1 aliphatic carbocycles. The fourth-order valence-corrected chi connectivity index (χ4v) is 1.52. The molecule has 0 spiro atoms. The largest absolute Gasteiger partial charge is 0.324 e. The fourth-order valence-electron chi connectivity index (χ4n) is 1.52. The molecule has 1 aliphatic rings. The predicted octanol–water partition coefficient (Wildman–Crippen LogP) is 2.83. The molecule has 0 aliphatic heterocycles. The Morgan fingerprint density at radius 3 is 2.23 bits per heavy atom. The summed E-state index contributed by atoms with van der Waals surface area (Å²) in [5, 5.41) is 0. The number of hydrogen-bond donors (Lipinski definition) is 1. The average Bonchev–Trinajstić information content (AvgIpc) is 2.87. The molecule has 1 nitrogen and oxygen atoms in total. The second-order valence-electron chi connectivity index (χ2n) is 3.77. The van der Waals surface area contributed by atoms with E-state index >= 15 is 0 Å². The molecular formula is C11H16ClN. The summed E-state index contributed by atoms with van der Waals surface area (Å²) in [7, 11) is 0. The van der Waals surface area contributed by atoms with Gasteiger partial charge < -0.3 is 5.73 Å². The summed E-state index contributed by atoms with van der Waals surface area (Å²) in [5.41, 5.74) is 8.65. The lowest BCUT2D eigenvalue weighted by Crippen LogP contribution is -2.11. The summed E-state index contributed by atoms with van der Waals surface area (Å²) in [6.07, 6.45) is 2.63. The van der Waals surface area contributed by atoms with Crippen LogP contribution in [0.3, 0.4) is 0 Å². The van der Waals surface area contributed by atoms with Crippen LogP contribution in [0.2, 0.25) is 0 Å². The van der Waals surface area contributed by atoms with Crippen molar-refractivity contribution in [3.63, 3.8) is 0 Å². The Balaban J connectivity index is 0.000000845. The fraction of sp³-hybridized carbons (Fsp3) is 0.455. The van der Waals surface area contributed by atoms with Crippen LogP contribution in [0.25, 0.3) is 0 Å². The van der Waals surface area contributed by atoms with Crippen molar-refractivity contribution in [3.05, 3.63) is 35.4 Å². The minimum Gasteiger partial charge on any atom is -0.324 e. The molecule has 13 heavy (non-hydrogen) atoms. The Morgan fingerprint density at radius 1 is 1.23 bits per heavy atom. The van der Waals surface area contributed by atoms with E-state index in [0.29, 0.717) is 0 Å². The average molecular weight is 198 g/mol. The zero-order valence-corrected chi connectivity index (χ0v) is 8.68. The lowest BCUT2D eigenvalue weighted by Gasteiger charge is -2.10. The van der Waals surface area contributed by atoms with Crippen LogP contribution in [0.15, 0.2) is 24.3 Å². The van der Waals surface area contributed by atoms with Crippen LogP contribution in [0, 0.1) is 12.8 Å². The Labute approximate surface area is 85.7 Å². The van der Waals surface area contributed by atoms with E-state index in [0.717, 1.165) is 5.92 Å². The van der Waals surface area contributed by atoms with Crippen LogP contribution in [-0.2, 0) is 0 Å². The van der Waals surface area contributed by atoms with Crippen molar-refractivity contribution in [1.82, 2.24) is 0 Å². The number of rotatable bonds is 2. The monoisotopic (exact) mass is 197 g/mol. The molecular weight excluding hydrogens is 182 g/mol. The topological polar surface area (TPSA) is 26.0 Å². The van der Waals surface area contributed by atoms with Gasteiger partial charge in [-0.2, -0.15) is 0 Å².